The van der Waals surface area contributed by atoms with Crippen LogP contribution in [-0.4, -0.2) is 9.91 Å². The van der Waals surface area contributed by atoms with Gasteiger partial charge in [0.05, 0.1) is 16.3 Å². The van der Waals surface area contributed by atoms with Crippen LogP contribution >= 0.6 is 0 Å². The van der Waals surface area contributed by atoms with Crippen LogP contribution in [0.25, 0.3) is 0 Å². The first-order valence-corrected chi connectivity index (χ1v) is 4.89. The lowest BCUT2D eigenvalue weighted by molar-refractivity contribution is -0.385. The minimum atomic E-state index is -0.492. The summed E-state index contributed by atoms with van der Waals surface area (Å²) in [5, 5.41) is 13.4. The highest BCUT2D eigenvalue weighted by Gasteiger charge is 2.05. The standard InChI is InChI=1S/C11H10N4O2/c12-9-3-1-2-4-10(9)14-11-6-5-8(7-13-11)15(16)17/h1-7H,12H2,(H,13,14). The van der Waals surface area contributed by atoms with Crippen LogP contribution in [0, 0.1) is 10.1 Å². The molecule has 0 radical (unpaired) electrons. The summed E-state index contributed by atoms with van der Waals surface area (Å²) in [6, 6.07) is 10.1. The largest absolute Gasteiger partial charge is 0.397 e. The number of hydrogen-bond donors (Lipinski definition) is 2. The van der Waals surface area contributed by atoms with Crippen LogP contribution in [0.15, 0.2) is 42.6 Å². The zero-order valence-electron chi connectivity index (χ0n) is 8.83. The zero-order chi connectivity index (χ0) is 12.3. The number of benzene rings is 1. The summed E-state index contributed by atoms with van der Waals surface area (Å²) in [6.45, 7) is 0. The normalized spacial score (nSPS) is 9.88. The van der Waals surface area contributed by atoms with E-state index < -0.39 is 4.92 Å². The monoisotopic (exact) mass is 230 g/mol. The van der Waals surface area contributed by atoms with Gasteiger partial charge in [0.1, 0.15) is 12.0 Å². The van der Waals surface area contributed by atoms with Gasteiger partial charge in [0.15, 0.2) is 0 Å². The summed E-state index contributed by atoms with van der Waals surface area (Å²) in [7, 11) is 0. The van der Waals surface area contributed by atoms with Crippen molar-refractivity contribution in [2.75, 3.05) is 11.1 Å². The Bertz CT molecular complexity index is 539. The molecule has 0 spiro atoms. The highest BCUT2D eigenvalue weighted by atomic mass is 16.6. The van der Waals surface area contributed by atoms with Crippen LogP contribution in [0.5, 0.6) is 0 Å². The van der Waals surface area contributed by atoms with E-state index in [0.717, 1.165) is 0 Å². The lowest BCUT2D eigenvalue weighted by atomic mass is 10.2. The van der Waals surface area contributed by atoms with Crippen molar-refractivity contribution in [1.82, 2.24) is 4.98 Å². The highest BCUT2D eigenvalue weighted by Crippen LogP contribution is 2.22. The first-order chi connectivity index (χ1) is 8.16. The maximum absolute atomic E-state index is 10.4. The Morgan fingerprint density at radius 2 is 2.00 bits per heavy atom. The molecule has 0 saturated carbocycles. The molecule has 0 fully saturated rings. The molecule has 3 N–H and O–H groups in total. The van der Waals surface area contributed by atoms with Crippen molar-refractivity contribution in [2.45, 2.75) is 0 Å². The average molecular weight is 230 g/mol. The fraction of sp³-hybridized carbons (Fsp3) is 0. The predicted octanol–water partition coefficient (Wildman–Crippen LogP) is 2.32. The molecule has 1 aromatic heterocycles. The smallest absolute Gasteiger partial charge is 0.287 e. The van der Waals surface area contributed by atoms with E-state index in [9.17, 15) is 10.1 Å². The molecule has 1 heterocycles. The number of nitrogen functional groups attached to an aromatic ring is 1. The first kappa shape index (κ1) is 10.9. The van der Waals surface area contributed by atoms with Crippen LogP contribution in [0.3, 0.4) is 0 Å². The number of rotatable bonds is 3. The van der Waals surface area contributed by atoms with Gasteiger partial charge in [-0.25, -0.2) is 4.98 Å². The minimum absolute atomic E-state index is 0.0448. The van der Waals surface area contributed by atoms with Gasteiger partial charge in [-0.15, -0.1) is 0 Å². The second-order valence-corrected chi connectivity index (χ2v) is 3.37. The third-order valence-corrected chi connectivity index (χ3v) is 2.18. The Balaban J connectivity index is 2.20. The SMILES string of the molecule is Nc1ccccc1Nc1ccc([N+](=O)[O-])cn1. The van der Waals surface area contributed by atoms with Gasteiger partial charge in [0.25, 0.3) is 5.69 Å². The Kier molecular flexibility index (Phi) is 2.87. The molecule has 0 unspecified atom stereocenters. The number of aromatic nitrogens is 1. The average Bonchev–Trinajstić information content (AvgIpc) is 2.33. The highest BCUT2D eigenvalue weighted by molar-refractivity contribution is 5.70. The predicted molar refractivity (Wildman–Crippen MR) is 65.0 cm³/mol. The number of anilines is 3. The van der Waals surface area contributed by atoms with E-state index in [1.54, 1.807) is 12.1 Å². The van der Waals surface area contributed by atoms with E-state index in [1.807, 2.05) is 12.1 Å². The summed E-state index contributed by atoms with van der Waals surface area (Å²) in [6.07, 6.45) is 1.20. The van der Waals surface area contributed by atoms with Gasteiger partial charge >= 0.3 is 0 Å². The van der Waals surface area contributed by atoms with Crippen LogP contribution < -0.4 is 11.1 Å². The molecule has 0 atom stereocenters. The molecular weight excluding hydrogens is 220 g/mol. The Morgan fingerprint density at radius 1 is 1.24 bits per heavy atom. The van der Waals surface area contributed by atoms with Crippen LogP contribution in [-0.2, 0) is 0 Å². The summed E-state index contributed by atoms with van der Waals surface area (Å²) in [4.78, 5) is 13.9. The maximum Gasteiger partial charge on any atom is 0.287 e. The van der Waals surface area contributed by atoms with Crippen molar-refractivity contribution < 1.29 is 4.92 Å². The molecule has 2 aromatic rings. The van der Waals surface area contributed by atoms with E-state index >= 15 is 0 Å². The topological polar surface area (TPSA) is 94.1 Å². The van der Waals surface area contributed by atoms with Crippen LogP contribution in [0.2, 0.25) is 0 Å². The second-order valence-electron chi connectivity index (χ2n) is 3.37. The molecule has 17 heavy (non-hydrogen) atoms. The van der Waals surface area contributed by atoms with Crippen molar-refractivity contribution in [3.05, 3.63) is 52.7 Å². The fourth-order valence-corrected chi connectivity index (χ4v) is 1.32. The third-order valence-electron chi connectivity index (χ3n) is 2.18. The van der Waals surface area contributed by atoms with Gasteiger partial charge in [-0.3, -0.25) is 10.1 Å². The molecule has 6 heteroatoms. The summed E-state index contributed by atoms with van der Waals surface area (Å²) in [5.41, 5.74) is 7.01. The maximum atomic E-state index is 10.4. The van der Waals surface area contributed by atoms with Crippen molar-refractivity contribution in [1.29, 1.82) is 0 Å². The van der Waals surface area contributed by atoms with Crippen molar-refractivity contribution >= 4 is 22.9 Å². The fourth-order valence-electron chi connectivity index (χ4n) is 1.32. The van der Waals surface area contributed by atoms with Crippen molar-refractivity contribution in [3.8, 4) is 0 Å². The number of pyridine rings is 1. The lowest BCUT2D eigenvalue weighted by Gasteiger charge is -2.07. The molecule has 86 valence electrons. The summed E-state index contributed by atoms with van der Waals surface area (Å²) in [5.74, 6) is 0.508. The molecule has 0 aliphatic carbocycles. The number of nitro groups is 1. The second kappa shape index (κ2) is 4.48. The number of nitrogens with zero attached hydrogens (tertiary/aromatic N) is 2. The molecule has 0 bridgehead atoms. The van der Waals surface area contributed by atoms with Gasteiger partial charge in [-0.05, 0) is 18.2 Å². The molecule has 0 saturated heterocycles. The molecule has 0 aliphatic rings. The summed E-state index contributed by atoms with van der Waals surface area (Å²) < 4.78 is 0. The first-order valence-electron chi connectivity index (χ1n) is 4.89. The molecule has 0 aliphatic heterocycles. The molecule has 6 nitrogen and oxygen atoms in total. The number of nitrogens with one attached hydrogen (secondary N) is 1. The molecule has 2 rings (SSSR count). The zero-order valence-corrected chi connectivity index (χ0v) is 8.83. The van der Waals surface area contributed by atoms with E-state index in [4.69, 9.17) is 5.73 Å². The van der Waals surface area contributed by atoms with Gasteiger partial charge < -0.3 is 11.1 Å². The van der Waals surface area contributed by atoms with Gasteiger partial charge in [0.2, 0.25) is 0 Å². The van der Waals surface area contributed by atoms with Crippen molar-refractivity contribution in [2.24, 2.45) is 0 Å². The van der Waals surface area contributed by atoms with Crippen LogP contribution in [0.1, 0.15) is 0 Å². The van der Waals surface area contributed by atoms with E-state index in [0.29, 0.717) is 17.2 Å². The van der Waals surface area contributed by atoms with Gasteiger partial charge in [0, 0.05) is 6.07 Å². The minimum Gasteiger partial charge on any atom is -0.397 e. The quantitative estimate of drug-likeness (QED) is 0.479. The number of nitrogens with two attached hydrogens (primary N) is 1. The van der Waals surface area contributed by atoms with Gasteiger partial charge in [-0.1, -0.05) is 12.1 Å². The van der Waals surface area contributed by atoms with E-state index in [-0.39, 0.29) is 5.69 Å². The molecular formula is C11H10N4O2. The van der Waals surface area contributed by atoms with Crippen molar-refractivity contribution in [3.63, 3.8) is 0 Å². The van der Waals surface area contributed by atoms with E-state index in [1.165, 1.54) is 18.3 Å². The van der Waals surface area contributed by atoms with E-state index in [2.05, 4.69) is 10.3 Å². The lowest BCUT2D eigenvalue weighted by Crippen LogP contribution is -1.98. The summed E-state index contributed by atoms with van der Waals surface area (Å²) >= 11 is 0. The van der Waals surface area contributed by atoms with Crippen LogP contribution in [0.4, 0.5) is 22.9 Å². The Morgan fingerprint density at radius 3 is 2.59 bits per heavy atom. The molecule has 0 amide bonds. The number of hydrogen-bond acceptors (Lipinski definition) is 5. The Labute approximate surface area is 97.3 Å². The Hall–Kier alpha value is -2.63. The third kappa shape index (κ3) is 2.49. The van der Waals surface area contributed by atoms with Gasteiger partial charge in [-0.2, -0.15) is 0 Å². The number of para-hydroxylation sites is 2. The molecule has 1 aromatic carbocycles.